The first-order valence-corrected chi connectivity index (χ1v) is 18.3. The molecule has 37 heavy (non-hydrogen) atoms. The second-order valence-electron chi connectivity index (χ2n) is 13.5. The second kappa shape index (κ2) is 9.67. The summed E-state index contributed by atoms with van der Waals surface area (Å²) in [5.41, 5.74) is 4.07. The Morgan fingerprint density at radius 1 is 0.892 bits per heavy atom. The number of rotatable bonds is 7. The Balaban J connectivity index is 1.61. The lowest BCUT2D eigenvalue weighted by molar-refractivity contribution is 0.0297. The summed E-state index contributed by atoms with van der Waals surface area (Å²) in [5.74, 6) is 2.93. The van der Waals surface area contributed by atoms with Crippen LogP contribution in [0, 0.1) is 36.5 Å². The fourth-order valence-corrected chi connectivity index (χ4v) is 17.9. The number of aromatic nitrogens is 1. The topological polar surface area (TPSA) is 42.3 Å². The predicted molar refractivity (Wildman–Crippen MR) is 156 cm³/mol. The fraction of sp³-hybridized carbons (Fsp3) is 0.677. The highest BCUT2D eigenvalue weighted by molar-refractivity contribution is 7.89. The monoisotopic (exact) mass is 540 g/mol. The van der Waals surface area contributed by atoms with E-state index >= 15 is 0 Å². The Morgan fingerprint density at radius 3 is 2.08 bits per heavy atom. The molecular formula is C31H48N2O2SSi. The van der Waals surface area contributed by atoms with Crippen LogP contribution >= 0.6 is 0 Å². The summed E-state index contributed by atoms with van der Waals surface area (Å²) in [6.45, 7) is 19.4. The molecule has 0 unspecified atom stereocenters. The number of fused-ring (bicyclic) bond motifs is 5. The molecule has 5 rings (SSSR count). The lowest BCUT2D eigenvalue weighted by Crippen LogP contribution is -2.52. The minimum atomic E-state index is -3.60. The number of benzene rings is 1. The smallest absolute Gasteiger partial charge is 0.243 e. The molecule has 2 saturated carbocycles. The Hall–Kier alpha value is -1.37. The van der Waals surface area contributed by atoms with Crippen LogP contribution in [-0.4, -0.2) is 31.7 Å². The summed E-state index contributed by atoms with van der Waals surface area (Å²) in [7, 11) is -5.50. The summed E-state index contributed by atoms with van der Waals surface area (Å²) in [6, 6.07) is 9.63. The molecule has 1 aliphatic heterocycles. The van der Waals surface area contributed by atoms with Crippen molar-refractivity contribution in [3.8, 4) is 0 Å². The van der Waals surface area contributed by atoms with E-state index in [1.807, 2.05) is 23.4 Å². The van der Waals surface area contributed by atoms with E-state index in [9.17, 15) is 8.42 Å². The van der Waals surface area contributed by atoms with E-state index in [1.54, 1.807) is 12.1 Å². The Kier molecular flexibility index (Phi) is 7.11. The number of hydrogen-bond acceptors (Lipinski definition) is 2. The summed E-state index contributed by atoms with van der Waals surface area (Å²) in [4.78, 5) is 0.437. The van der Waals surface area contributed by atoms with Crippen LogP contribution in [0.5, 0.6) is 0 Å². The molecule has 0 radical (unpaired) electrons. The van der Waals surface area contributed by atoms with Gasteiger partial charge < -0.3 is 4.23 Å². The third kappa shape index (κ3) is 4.12. The number of hydrogen-bond donors (Lipinski definition) is 0. The van der Waals surface area contributed by atoms with Crippen molar-refractivity contribution in [2.75, 3.05) is 6.54 Å². The van der Waals surface area contributed by atoms with Gasteiger partial charge in [-0.05, 0) is 109 Å². The summed E-state index contributed by atoms with van der Waals surface area (Å²) in [6.07, 6.45) is 8.59. The van der Waals surface area contributed by atoms with Crippen molar-refractivity contribution >= 4 is 18.3 Å². The van der Waals surface area contributed by atoms with Crippen molar-refractivity contribution in [2.24, 2.45) is 29.6 Å². The van der Waals surface area contributed by atoms with Crippen molar-refractivity contribution < 1.29 is 8.42 Å². The van der Waals surface area contributed by atoms with Gasteiger partial charge in [-0.25, -0.2) is 8.42 Å². The first-order valence-electron chi connectivity index (χ1n) is 14.7. The number of sulfonamides is 1. The van der Waals surface area contributed by atoms with Crippen LogP contribution in [0.1, 0.15) is 84.9 Å². The van der Waals surface area contributed by atoms with Crippen LogP contribution in [0.2, 0.25) is 16.6 Å². The first kappa shape index (κ1) is 27.2. The Bertz CT molecular complexity index is 1190. The highest BCUT2D eigenvalue weighted by Crippen LogP contribution is 2.60. The van der Waals surface area contributed by atoms with Gasteiger partial charge in [0.05, 0.1) is 10.9 Å². The number of piperidine rings is 1. The maximum atomic E-state index is 14.3. The molecule has 0 amide bonds. The molecule has 6 atom stereocenters. The van der Waals surface area contributed by atoms with Crippen molar-refractivity contribution in [1.82, 2.24) is 8.54 Å². The molecule has 204 valence electrons. The van der Waals surface area contributed by atoms with Gasteiger partial charge in [0, 0.05) is 6.54 Å². The molecule has 2 bridgehead atoms. The molecule has 3 fully saturated rings. The van der Waals surface area contributed by atoms with E-state index in [2.05, 4.69) is 71.2 Å². The quantitative estimate of drug-likeness (QED) is 0.335. The van der Waals surface area contributed by atoms with Crippen molar-refractivity contribution in [2.45, 2.75) is 102 Å². The second-order valence-corrected chi connectivity index (χ2v) is 21.1. The van der Waals surface area contributed by atoms with Gasteiger partial charge in [-0.15, -0.1) is 0 Å². The normalized spacial score (nSPS) is 30.6. The SMILES string of the molecule is Cc1ccc(S(=O)(=O)N2C[C@@H]3[C@H]4CC[C@H](C4)[C@@H]3[C@@H](C)[C@H]2c2ccn([Si](C(C)C)(C(C)C)C(C)C)c2)cc1. The first-order chi connectivity index (χ1) is 17.4. The zero-order valence-corrected chi connectivity index (χ0v) is 26.0. The Labute approximate surface area is 227 Å². The molecular weight excluding hydrogens is 493 g/mol. The molecule has 4 nitrogen and oxygen atoms in total. The van der Waals surface area contributed by atoms with Crippen LogP contribution in [0.25, 0.3) is 0 Å². The van der Waals surface area contributed by atoms with E-state index in [0.29, 0.717) is 51.7 Å². The summed E-state index contributed by atoms with van der Waals surface area (Å²) < 4.78 is 33.1. The number of nitrogens with zero attached hydrogens (tertiary/aromatic N) is 2. The van der Waals surface area contributed by atoms with Gasteiger partial charge in [0.25, 0.3) is 0 Å². The highest BCUT2D eigenvalue weighted by Gasteiger charge is 2.57. The van der Waals surface area contributed by atoms with Crippen LogP contribution in [0.3, 0.4) is 0 Å². The third-order valence-corrected chi connectivity index (χ3v) is 19.5. The molecule has 0 N–H and O–H groups in total. The van der Waals surface area contributed by atoms with E-state index in [0.717, 1.165) is 11.5 Å². The molecule has 1 aromatic heterocycles. The van der Waals surface area contributed by atoms with Crippen molar-refractivity contribution in [1.29, 1.82) is 0 Å². The maximum absolute atomic E-state index is 14.3. The summed E-state index contributed by atoms with van der Waals surface area (Å²) in [5, 5.41) is 0. The van der Waals surface area contributed by atoms with Gasteiger partial charge in [0.15, 0.2) is 8.24 Å². The molecule has 2 heterocycles. The zero-order chi connectivity index (χ0) is 26.9. The minimum absolute atomic E-state index is 0.105. The largest absolute Gasteiger partial charge is 0.379 e. The lowest BCUT2D eigenvalue weighted by Gasteiger charge is -2.49. The van der Waals surface area contributed by atoms with Gasteiger partial charge in [-0.3, -0.25) is 0 Å². The lowest BCUT2D eigenvalue weighted by atomic mass is 9.67. The molecule has 0 spiro atoms. The van der Waals surface area contributed by atoms with Gasteiger partial charge in [0.2, 0.25) is 10.0 Å². The highest BCUT2D eigenvalue weighted by atomic mass is 32.2. The maximum Gasteiger partial charge on any atom is 0.243 e. The molecule has 2 aromatic rings. The van der Waals surface area contributed by atoms with E-state index < -0.39 is 18.3 Å². The van der Waals surface area contributed by atoms with Crippen molar-refractivity contribution in [3.05, 3.63) is 53.9 Å². The van der Waals surface area contributed by atoms with Crippen molar-refractivity contribution in [3.63, 3.8) is 0 Å². The van der Waals surface area contributed by atoms with Crippen LogP contribution in [0.4, 0.5) is 0 Å². The average Bonchev–Trinajstić information content (AvgIpc) is 3.56. The minimum Gasteiger partial charge on any atom is -0.379 e. The van der Waals surface area contributed by atoms with Gasteiger partial charge in [-0.2, -0.15) is 4.31 Å². The molecule has 1 aromatic carbocycles. The van der Waals surface area contributed by atoms with Gasteiger partial charge in [0.1, 0.15) is 0 Å². The van der Waals surface area contributed by atoms with Gasteiger partial charge >= 0.3 is 0 Å². The van der Waals surface area contributed by atoms with Crippen LogP contribution in [-0.2, 0) is 10.0 Å². The fourth-order valence-electron chi connectivity index (χ4n) is 9.63. The standard InChI is InChI=1S/C31H48N2O2SSi/c1-20(2)37(21(3)4,22(5)6)32-16-15-27(18-32)31-24(8)30-26-12-11-25(17-26)29(30)19-33(31)36(34,35)28-13-9-23(7)10-14-28/h9-10,13-16,18,20-22,24-26,29-31H,11-12,17,19H2,1-8H3/t24-,25+,26-,29-,30+,31+/m1/s1. The molecule has 3 aliphatic rings. The van der Waals surface area contributed by atoms with E-state index in [1.165, 1.54) is 24.8 Å². The molecule has 6 heteroatoms. The average molecular weight is 541 g/mol. The predicted octanol–water partition coefficient (Wildman–Crippen LogP) is 7.86. The molecule has 2 aliphatic carbocycles. The van der Waals surface area contributed by atoms with Crippen LogP contribution < -0.4 is 0 Å². The third-order valence-electron chi connectivity index (χ3n) is 10.9. The van der Waals surface area contributed by atoms with E-state index in [-0.39, 0.29) is 6.04 Å². The van der Waals surface area contributed by atoms with Gasteiger partial charge in [-0.1, -0.05) is 66.2 Å². The number of aryl methyl sites for hydroxylation is 1. The summed E-state index contributed by atoms with van der Waals surface area (Å²) >= 11 is 0. The zero-order valence-electron chi connectivity index (χ0n) is 24.2. The molecule has 1 saturated heterocycles. The van der Waals surface area contributed by atoms with E-state index in [4.69, 9.17) is 0 Å². The van der Waals surface area contributed by atoms with Crippen LogP contribution in [0.15, 0.2) is 47.6 Å². The Morgan fingerprint density at radius 2 is 1.49 bits per heavy atom.